The highest BCUT2D eigenvalue weighted by atomic mass is 79.9. The predicted octanol–water partition coefficient (Wildman–Crippen LogP) is 3.86. The molecule has 0 fully saturated rings. The van der Waals surface area contributed by atoms with Crippen molar-refractivity contribution in [3.8, 4) is 11.5 Å². The molecule has 0 aliphatic heterocycles. The molecule has 0 spiro atoms. The van der Waals surface area contributed by atoms with Gasteiger partial charge in [-0.15, -0.1) is 0 Å². The van der Waals surface area contributed by atoms with Crippen LogP contribution in [0.1, 0.15) is 15.9 Å². The average Bonchev–Trinajstić information content (AvgIpc) is 2.43. The lowest BCUT2D eigenvalue weighted by atomic mass is 10.1. The summed E-state index contributed by atoms with van der Waals surface area (Å²) in [6.45, 7) is 0. The van der Waals surface area contributed by atoms with Crippen molar-refractivity contribution in [3.63, 3.8) is 0 Å². The molecule has 0 amide bonds. The fourth-order valence-corrected chi connectivity index (χ4v) is 2.08. The monoisotopic (exact) mass is 336 g/mol. The molecule has 2 N–H and O–H groups in total. The smallest absolute Gasteiger partial charge is 0.203 e. The summed E-state index contributed by atoms with van der Waals surface area (Å²) in [5.74, 6) is -1.19. The second kappa shape index (κ2) is 5.88. The Morgan fingerprint density at radius 2 is 1.75 bits per heavy atom. The molecule has 2 aromatic rings. The van der Waals surface area contributed by atoms with Crippen LogP contribution >= 0.6 is 15.9 Å². The third kappa shape index (κ3) is 3.24. The maximum absolute atomic E-state index is 12.8. The minimum Gasteiger partial charge on any atom is -0.508 e. The van der Waals surface area contributed by atoms with Gasteiger partial charge in [-0.2, -0.15) is 0 Å². The number of carbonyl (C=O) groups is 1. The molecule has 0 saturated carbocycles. The van der Waals surface area contributed by atoms with Crippen molar-refractivity contribution >= 4 is 27.8 Å². The summed E-state index contributed by atoms with van der Waals surface area (Å²) >= 11 is 3.12. The second-order valence-electron chi connectivity index (χ2n) is 4.07. The Kier molecular flexibility index (Phi) is 4.20. The van der Waals surface area contributed by atoms with Gasteiger partial charge in [0, 0.05) is 0 Å². The fourth-order valence-electron chi connectivity index (χ4n) is 1.61. The van der Waals surface area contributed by atoms with Crippen LogP contribution in [-0.2, 0) is 0 Å². The Bertz CT molecular complexity index is 678. The van der Waals surface area contributed by atoms with Gasteiger partial charge >= 0.3 is 0 Å². The molecule has 102 valence electrons. The molecule has 0 aliphatic rings. The largest absolute Gasteiger partial charge is 0.508 e. The van der Waals surface area contributed by atoms with E-state index in [1.165, 1.54) is 48.5 Å². The zero-order valence-corrected chi connectivity index (χ0v) is 11.8. The van der Waals surface area contributed by atoms with E-state index < -0.39 is 5.78 Å². The summed E-state index contributed by atoms with van der Waals surface area (Å²) in [4.78, 5) is 12.1. The molecule has 0 aromatic heterocycles. The molecule has 5 heteroatoms. The lowest BCUT2D eigenvalue weighted by molar-refractivity contribution is 0.104. The normalized spacial score (nSPS) is 11.4. The molecule has 0 heterocycles. The van der Waals surface area contributed by atoms with Crippen molar-refractivity contribution in [1.29, 1.82) is 0 Å². The van der Waals surface area contributed by atoms with E-state index >= 15 is 0 Å². The lowest BCUT2D eigenvalue weighted by Gasteiger charge is -2.04. The highest BCUT2D eigenvalue weighted by Gasteiger charge is 2.15. The number of benzene rings is 2. The SMILES string of the molecule is O=C(/C(Br)=C/c1ccc(F)cc1)c1cc(O)ccc1O. The molecule has 0 saturated heterocycles. The Hall–Kier alpha value is -2.14. The van der Waals surface area contributed by atoms with E-state index in [1.54, 1.807) is 0 Å². The van der Waals surface area contributed by atoms with E-state index in [2.05, 4.69) is 15.9 Å². The van der Waals surface area contributed by atoms with Crippen LogP contribution in [0, 0.1) is 5.82 Å². The van der Waals surface area contributed by atoms with Gasteiger partial charge in [-0.05, 0) is 57.9 Å². The van der Waals surface area contributed by atoms with E-state index in [4.69, 9.17) is 0 Å². The predicted molar refractivity (Wildman–Crippen MR) is 77.4 cm³/mol. The summed E-state index contributed by atoms with van der Waals surface area (Å²) in [5, 5.41) is 19.0. The maximum Gasteiger partial charge on any atom is 0.203 e. The quantitative estimate of drug-likeness (QED) is 0.508. The van der Waals surface area contributed by atoms with Crippen molar-refractivity contribution in [3.05, 3.63) is 63.9 Å². The van der Waals surface area contributed by atoms with Crippen molar-refractivity contribution in [1.82, 2.24) is 0 Å². The number of ketones is 1. The van der Waals surface area contributed by atoms with Gasteiger partial charge in [-0.25, -0.2) is 4.39 Å². The van der Waals surface area contributed by atoms with Gasteiger partial charge < -0.3 is 10.2 Å². The lowest BCUT2D eigenvalue weighted by Crippen LogP contribution is -1.99. The zero-order valence-electron chi connectivity index (χ0n) is 10.2. The Morgan fingerprint density at radius 1 is 1.10 bits per heavy atom. The summed E-state index contributed by atoms with van der Waals surface area (Å²) in [6.07, 6.45) is 1.51. The van der Waals surface area contributed by atoms with Crippen LogP contribution in [0.2, 0.25) is 0 Å². The number of phenolic OH excluding ortho intramolecular Hbond substituents is 2. The highest BCUT2D eigenvalue weighted by Crippen LogP contribution is 2.27. The van der Waals surface area contributed by atoms with E-state index in [0.29, 0.717) is 5.56 Å². The zero-order chi connectivity index (χ0) is 14.7. The first-order chi connectivity index (χ1) is 9.47. The fraction of sp³-hybridized carbons (Fsp3) is 0. The number of allylic oxidation sites excluding steroid dienone is 1. The van der Waals surface area contributed by atoms with Gasteiger partial charge in [-0.1, -0.05) is 12.1 Å². The van der Waals surface area contributed by atoms with Gasteiger partial charge in [0.25, 0.3) is 0 Å². The van der Waals surface area contributed by atoms with Crippen LogP contribution in [0.25, 0.3) is 6.08 Å². The molecule has 0 unspecified atom stereocenters. The molecular formula is C15H10BrFO3. The molecular weight excluding hydrogens is 327 g/mol. The molecule has 2 aromatic carbocycles. The number of hydrogen-bond acceptors (Lipinski definition) is 3. The van der Waals surface area contributed by atoms with Crippen LogP contribution in [0.4, 0.5) is 4.39 Å². The highest BCUT2D eigenvalue weighted by molar-refractivity contribution is 9.12. The van der Waals surface area contributed by atoms with Crippen LogP contribution < -0.4 is 0 Å². The number of aromatic hydroxyl groups is 2. The van der Waals surface area contributed by atoms with Crippen molar-refractivity contribution in [2.45, 2.75) is 0 Å². The van der Waals surface area contributed by atoms with E-state index in [0.717, 1.165) is 0 Å². The Morgan fingerprint density at radius 3 is 2.40 bits per heavy atom. The van der Waals surface area contributed by atoms with Gasteiger partial charge in [0.15, 0.2) is 0 Å². The van der Waals surface area contributed by atoms with Crippen LogP contribution in [0.15, 0.2) is 46.9 Å². The summed E-state index contributed by atoms with van der Waals surface area (Å²) in [5.41, 5.74) is 0.613. The molecule has 0 bridgehead atoms. The van der Waals surface area contributed by atoms with Crippen molar-refractivity contribution < 1.29 is 19.4 Å². The molecule has 0 aliphatic carbocycles. The first-order valence-electron chi connectivity index (χ1n) is 5.67. The average molecular weight is 337 g/mol. The molecule has 2 rings (SSSR count). The first-order valence-corrected chi connectivity index (χ1v) is 6.46. The second-order valence-corrected chi connectivity index (χ2v) is 4.93. The number of carbonyl (C=O) groups excluding carboxylic acids is 1. The Balaban J connectivity index is 2.32. The van der Waals surface area contributed by atoms with E-state index in [9.17, 15) is 19.4 Å². The molecule has 20 heavy (non-hydrogen) atoms. The van der Waals surface area contributed by atoms with Crippen LogP contribution in [0.3, 0.4) is 0 Å². The van der Waals surface area contributed by atoms with Gasteiger partial charge in [0.1, 0.15) is 17.3 Å². The number of phenols is 2. The minimum absolute atomic E-state index is 0.0183. The number of halogens is 2. The number of Topliss-reactive ketones (excluding diaryl/α,β-unsaturated/α-hetero) is 1. The maximum atomic E-state index is 12.8. The van der Waals surface area contributed by atoms with E-state index in [-0.39, 0.29) is 27.4 Å². The van der Waals surface area contributed by atoms with Crippen LogP contribution in [-0.4, -0.2) is 16.0 Å². The van der Waals surface area contributed by atoms with Crippen molar-refractivity contribution in [2.24, 2.45) is 0 Å². The van der Waals surface area contributed by atoms with Gasteiger partial charge in [0.2, 0.25) is 5.78 Å². The summed E-state index contributed by atoms with van der Waals surface area (Å²) < 4.78 is 13.0. The van der Waals surface area contributed by atoms with E-state index in [1.807, 2.05) is 0 Å². The van der Waals surface area contributed by atoms with Gasteiger partial charge in [-0.3, -0.25) is 4.79 Å². The summed E-state index contributed by atoms with van der Waals surface area (Å²) in [7, 11) is 0. The minimum atomic E-state index is -0.484. The van der Waals surface area contributed by atoms with Crippen LogP contribution in [0.5, 0.6) is 11.5 Å². The van der Waals surface area contributed by atoms with Crippen molar-refractivity contribution in [2.75, 3.05) is 0 Å². The number of rotatable bonds is 3. The topological polar surface area (TPSA) is 57.5 Å². The molecule has 0 atom stereocenters. The first kappa shape index (κ1) is 14.3. The Labute approximate surface area is 123 Å². The number of hydrogen-bond donors (Lipinski definition) is 2. The standard InChI is InChI=1S/C15H10BrFO3/c16-13(7-9-1-3-10(17)4-2-9)15(20)12-8-11(18)5-6-14(12)19/h1-8,18-19H/b13-7-. The third-order valence-electron chi connectivity index (χ3n) is 2.61. The molecule has 3 nitrogen and oxygen atoms in total. The summed E-state index contributed by atoms with van der Waals surface area (Å²) in [6, 6.07) is 9.30. The third-order valence-corrected chi connectivity index (χ3v) is 3.19. The van der Waals surface area contributed by atoms with Gasteiger partial charge in [0.05, 0.1) is 10.0 Å². The molecule has 0 radical (unpaired) electrons.